The Hall–Kier alpha value is -2.49. The molecule has 1 N–H and O–H groups in total. The highest BCUT2D eigenvalue weighted by atomic mass is 16.2. The van der Waals surface area contributed by atoms with Crippen molar-refractivity contribution >= 4 is 11.6 Å². The lowest BCUT2D eigenvalue weighted by Gasteiger charge is -2.05. The van der Waals surface area contributed by atoms with Crippen LogP contribution >= 0.6 is 0 Å². The molecule has 2 aromatic rings. The molecule has 1 aromatic carbocycles. The van der Waals surface area contributed by atoms with Gasteiger partial charge in [-0.3, -0.25) is 9.78 Å². The van der Waals surface area contributed by atoms with Gasteiger partial charge in [0.25, 0.3) is 5.91 Å². The Morgan fingerprint density at radius 1 is 1.15 bits per heavy atom. The molecule has 0 saturated carbocycles. The summed E-state index contributed by atoms with van der Waals surface area (Å²) in [7, 11) is 0. The van der Waals surface area contributed by atoms with Crippen molar-refractivity contribution in [3.05, 3.63) is 65.0 Å². The Morgan fingerprint density at radius 3 is 2.60 bits per heavy atom. The largest absolute Gasteiger partial charge is 0.272 e. The summed E-state index contributed by atoms with van der Waals surface area (Å²) >= 11 is 0. The topological polar surface area (TPSA) is 54.4 Å². The van der Waals surface area contributed by atoms with Crippen LogP contribution in [-0.2, 0) is 0 Å². The third-order valence-corrected chi connectivity index (χ3v) is 3.17. The van der Waals surface area contributed by atoms with Crippen molar-refractivity contribution < 1.29 is 4.79 Å². The SMILES string of the molecule is CC(=NNC(=O)c1cccnc1)c1ccc(C)c(C)c1. The van der Waals surface area contributed by atoms with Gasteiger partial charge in [-0.05, 0) is 55.7 Å². The van der Waals surface area contributed by atoms with Gasteiger partial charge in [0.15, 0.2) is 0 Å². The second kappa shape index (κ2) is 6.10. The van der Waals surface area contributed by atoms with Crippen molar-refractivity contribution in [3.63, 3.8) is 0 Å². The van der Waals surface area contributed by atoms with E-state index in [1.165, 1.54) is 17.3 Å². The molecule has 2 rings (SSSR count). The second-order valence-corrected chi connectivity index (χ2v) is 4.68. The number of nitrogens with zero attached hydrogens (tertiary/aromatic N) is 2. The van der Waals surface area contributed by atoms with Gasteiger partial charge in [0.05, 0.1) is 11.3 Å². The second-order valence-electron chi connectivity index (χ2n) is 4.68. The van der Waals surface area contributed by atoms with Crippen LogP contribution in [0.4, 0.5) is 0 Å². The van der Waals surface area contributed by atoms with Crippen LogP contribution < -0.4 is 5.43 Å². The van der Waals surface area contributed by atoms with Crippen molar-refractivity contribution in [2.24, 2.45) is 5.10 Å². The van der Waals surface area contributed by atoms with Crippen LogP contribution in [-0.4, -0.2) is 16.6 Å². The molecular formula is C16H17N3O. The Kier molecular flexibility index (Phi) is 4.25. The molecule has 4 nitrogen and oxygen atoms in total. The van der Waals surface area contributed by atoms with Gasteiger partial charge in [0.2, 0.25) is 0 Å². The van der Waals surface area contributed by atoms with E-state index in [9.17, 15) is 4.79 Å². The molecule has 0 aliphatic rings. The molecule has 0 bridgehead atoms. The molecule has 102 valence electrons. The molecule has 0 atom stereocenters. The van der Waals surface area contributed by atoms with E-state index in [1.807, 2.05) is 19.1 Å². The molecule has 4 heteroatoms. The van der Waals surface area contributed by atoms with Gasteiger partial charge in [0, 0.05) is 12.4 Å². The zero-order valence-corrected chi connectivity index (χ0v) is 11.8. The van der Waals surface area contributed by atoms with Crippen LogP contribution in [0, 0.1) is 13.8 Å². The third kappa shape index (κ3) is 3.29. The molecule has 0 aliphatic heterocycles. The predicted molar refractivity (Wildman–Crippen MR) is 79.8 cm³/mol. The number of hydrazone groups is 1. The molecule has 0 fully saturated rings. The van der Waals surface area contributed by atoms with Gasteiger partial charge in [0.1, 0.15) is 0 Å². The number of carbonyl (C=O) groups is 1. The van der Waals surface area contributed by atoms with E-state index in [0.29, 0.717) is 5.56 Å². The van der Waals surface area contributed by atoms with E-state index >= 15 is 0 Å². The molecule has 0 aliphatic carbocycles. The van der Waals surface area contributed by atoms with E-state index in [2.05, 4.69) is 35.4 Å². The summed E-state index contributed by atoms with van der Waals surface area (Å²) in [5, 5.41) is 4.13. The maximum Gasteiger partial charge on any atom is 0.272 e. The van der Waals surface area contributed by atoms with E-state index in [4.69, 9.17) is 0 Å². The van der Waals surface area contributed by atoms with Gasteiger partial charge < -0.3 is 0 Å². The quantitative estimate of drug-likeness (QED) is 0.686. The van der Waals surface area contributed by atoms with Crippen molar-refractivity contribution in [2.75, 3.05) is 0 Å². The van der Waals surface area contributed by atoms with E-state index < -0.39 is 0 Å². The number of benzene rings is 1. The summed E-state index contributed by atoms with van der Waals surface area (Å²) in [6.07, 6.45) is 3.14. The minimum absolute atomic E-state index is 0.263. The summed E-state index contributed by atoms with van der Waals surface area (Å²) in [6.45, 7) is 5.99. The number of carbonyl (C=O) groups excluding carboxylic acids is 1. The van der Waals surface area contributed by atoms with Gasteiger partial charge in [-0.25, -0.2) is 5.43 Å². The Morgan fingerprint density at radius 2 is 1.95 bits per heavy atom. The highest BCUT2D eigenvalue weighted by molar-refractivity contribution is 6.00. The zero-order valence-electron chi connectivity index (χ0n) is 11.8. The minimum Gasteiger partial charge on any atom is -0.267 e. The minimum atomic E-state index is -0.263. The average molecular weight is 267 g/mol. The van der Waals surface area contributed by atoms with E-state index in [0.717, 1.165) is 11.3 Å². The summed E-state index contributed by atoms with van der Waals surface area (Å²) in [4.78, 5) is 15.7. The van der Waals surface area contributed by atoms with E-state index in [1.54, 1.807) is 18.3 Å². The number of nitrogens with one attached hydrogen (secondary N) is 1. The first kappa shape index (κ1) is 13.9. The number of rotatable bonds is 3. The molecule has 0 saturated heterocycles. The monoisotopic (exact) mass is 267 g/mol. The highest BCUT2D eigenvalue weighted by Crippen LogP contribution is 2.10. The van der Waals surface area contributed by atoms with Crippen molar-refractivity contribution in [1.82, 2.24) is 10.4 Å². The molecule has 1 aromatic heterocycles. The predicted octanol–water partition coefficient (Wildman–Crippen LogP) is 2.85. The summed E-state index contributed by atoms with van der Waals surface area (Å²) < 4.78 is 0. The van der Waals surface area contributed by atoms with Crippen LogP contribution in [0.1, 0.15) is 34.0 Å². The molecule has 0 radical (unpaired) electrons. The fourth-order valence-electron chi connectivity index (χ4n) is 1.73. The molecule has 20 heavy (non-hydrogen) atoms. The number of aryl methyl sites for hydroxylation is 2. The molecular weight excluding hydrogens is 250 g/mol. The first-order valence-electron chi connectivity index (χ1n) is 6.40. The van der Waals surface area contributed by atoms with Gasteiger partial charge in [-0.15, -0.1) is 0 Å². The van der Waals surface area contributed by atoms with Crippen molar-refractivity contribution in [2.45, 2.75) is 20.8 Å². The lowest BCUT2D eigenvalue weighted by atomic mass is 10.0. The Balaban J connectivity index is 2.11. The third-order valence-electron chi connectivity index (χ3n) is 3.17. The van der Waals surface area contributed by atoms with Gasteiger partial charge >= 0.3 is 0 Å². The average Bonchev–Trinajstić information content (AvgIpc) is 2.48. The molecule has 0 spiro atoms. The van der Waals surface area contributed by atoms with Crippen LogP contribution in [0.3, 0.4) is 0 Å². The van der Waals surface area contributed by atoms with Crippen molar-refractivity contribution in [1.29, 1.82) is 0 Å². The smallest absolute Gasteiger partial charge is 0.267 e. The molecule has 0 unspecified atom stereocenters. The first-order chi connectivity index (χ1) is 9.58. The number of pyridine rings is 1. The number of aromatic nitrogens is 1. The first-order valence-corrected chi connectivity index (χ1v) is 6.40. The number of amides is 1. The lowest BCUT2D eigenvalue weighted by molar-refractivity contribution is 0.0954. The molecule has 1 heterocycles. The number of hydrogen-bond donors (Lipinski definition) is 1. The Bertz CT molecular complexity index is 648. The Labute approximate surface area is 118 Å². The van der Waals surface area contributed by atoms with Gasteiger partial charge in [-0.1, -0.05) is 12.1 Å². The van der Waals surface area contributed by atoms with Crippen LogP contribution in [0.25, 0.3) is 0 Å². The fourth-order valence-corrected chi connectivity index (χ4v) is 1.73. The summed E-state index contributed by atoms with van der Waals surface area (Å²) in [5.41, 5.74) is 7.24. The fraction of sp³-hybridized carbons (Fsp3) is 0.188. The standard InChI is InChI=1S/C16H17N3O/c1-11-6-7-14(9-12(11)2)13(3)18-19-16(20)15-5-4-8-17-10-15/h4-10H,1-3H3,(H,19,20). The van der Waals surface area contributed by atoms with Crippen LogP contribution in [0.15, 0.2) is 47.8 Å². The molecule has 1 amide bonds. The van der Waals surface area contributed by atoms with Crippen molar-refractivity contribution in [3.8, 4) is 0 Å². The zero-order chi connectivity index (χ0) is 14.5. The highest BCUT2D eigenvalue weighted by Gasteiger charge is 2.04. The lowest BCUT2D eigenvalue weighted by Crippen LogP contribution is -2.19. The summed E-state index contributed by atoms with van der Waals surface area (Å²) in [5.74, 6) is -0.263. The summed E-state index contributed by atoms with van der Waals surface area (Å²) in [6, 6.07) is 9.52. The normalized spacial score (nSPS) is 11.2. The van der Waals surface area contributed by atoms with Crippen LogP contribution in [0.2, 0.25) is 0 Å². The maximum absolute atomic E-state index is 11.8. The number of hydrogen-bond acceptors (Lipinski definition) is 3. The van der Waals surface area contributed by atoms with Gasteiger partial charge in [-0.2, -0.15) is 5.10 Å². The van der Waals surface area contributed by atoms with E-state index in [-0.39, 0.29) is 5.91 Å². The van der Waals surface area contributed by atoms with Crippen LogP contribution in [0.5, 0.6) is 0 Å². The maximum atomic E-state index is 11.8.